The van der Waals surface area contributed by atoms with Gasteiger partial charge < -0.3 is 4.74 Å². The molecular formula is C24H16Cl2N2O5S. The Kier molecular flexibility index (Phi) is 7.21. The van der Waals surface area contributed by atoms with Gasteiger partial charge in [-0.15, -0.1) is 0 Å². The number of halogens is 2. The quantitative estimate of drug-likeness (QED) is 0.197. The van der Waals surface area contributed by atoms with Crippen LogP contribution in [0.5, 0.6) is 5.75 Å². The first kappa shape index (κ1) is 23.8. The number of nitrogens with zero attached hydrogens (tertiary/aromatic N) is 2. The first-order valence-electron chi connectivity index (χ1n) is 9.95. The number of carbonyl (C=O) groups is 2. The molecule has 0 bridgehead atoms. The van der Waals surface area contributed by atoms with E-state index in [1.54, 1.807) is 54.6 Å². The number of hydrogen-bond acceptors (Lipinski definition) is 6. The average molecular weight is 515 g/mol. The van der Waals surface area contributed by atoms with Gasteiger partial charge in [0.25, 0.3) is 16.8 Å². The summed E-state index contributed by atoms with van der Waals surface area (Å²) in [5.41, 5.74) is 1.92. The molecular weight excluding hydrogens is 499 g/mol. The Morgan fingerprint density at radius 1 is 1.03 bits per heavy atom. The molecule has 1 aliphatic heterocycles. The van der Waals surface area contributed by atoms with E-state index in [0.29, 0.717) is 21.4 Å². The average Bonchev–Trinajstić information content (AvgIpc) is 3.07. The molecule has 0 saturated carbocycles. The van der Waals surface area contributed by atoms with E-state index in [2.05, 4.69) is 0 Å². The largest absolute Gasteiger partial charge is 0.489 e. The molecule has 4 rings (SSSR count). The lowest BCUT2D eigenvalue weighted by Crippen LogP contribution is -2.27. The highest BCUT2D eigenvalue weighted by Crippen LogP contribution is 2.34. The number of rotatable bonds is 7. The minimum atomic E-state index is -0.519. The van der Waals surface area contributed by atoms with Crippen LogP contribution in [-0.4, -0.2) is 21.0 Å². The zero-order valence-corrected chi connectivity index (χ0v) is 19.8. The fraction of sp³-hybridized carbons (Fsp3) is 0.0833. The summed E-state index contributed by atoms with van der Waals surface area (Å²) in [7, 11) is 0. The summed E-state index contributed by atoms with van der Waals surface area (Å²) in [5, 5.41) is 11.6. The van der Waals surface area contributed by atoms with Gasteiger partial charge in [-0.05, 0) is 53.2 Å². The van der Waals surface area contributed by atoms with Crippen molar-refractivity contribution in [1.82, 2.24) is 4.90 Å². The molecule has 0 unspecified atom stereocenters. The number of nitro benzene ring substituents is 1. The lowest BCUT2D eigenvalue weighted by molar-refractivity contribution is -0.384. The molecule has 1 heterocycles. The van der Waals surface area contributed by atoms with Crippen molar-refractivity contribution in [3.63, 3.8) is 0 Å². The number of hydrogen-bond donors (Lipinski definition) is 0. The fourth-order valence-corrected chi connectivity index (χ4v) is 4.50. The number of imide groups is 1. The van der Waals surface area contributed by atoms with Gasteiger partial charge in [-0.1, -0.05) is 53.5 Å². The van der Waals surface area contributed by atoms with Crippen LogP contribution >= 0.6 is 35.0 Å². The summed E-state index contributed by atoms with van der Waals surface area (Å²) < 4.78 is 5.76. The van der Waals surface area contributed by atoms with Gasteiger partial charge in [0.1, 0.15) is 12.4 Å². The van der Waals surface area contributed by atoms with Crippen LogP contribution in [0.15, 0.2) is 71.6 Å². The van der Waals surface area contributed by atoms with Gasteiger partial charge in [0.2, 0.25) is 0 Å². The second kappa shape index (κ2) is 10.3. The maximum atomic E-state index is 12.8. The monoisotopic (exact) mass is 514 g/mol. The van der Waals surface area contributed by atoms with Crippen LogP contribution in [0, 0.1) is 10.1 Å². The molecule has 0 atom stereocenters. The highest BCUT2D eigenvalue weighted by molar-refractivity contribution is 8.18. The molecule has 3 aromatic rings. The minimum Gasteiger partial charge on any atom is -0.489 e. The molecule has 10 heteroatoms. The Labute approximate surface area is 209 Å². The van der Waals surface area contributed by atoms with Gasteiger partial charge in [-0.3, -0.25) is 24.6 Å². The van der Waals surface area contributed by atoms with Crippen molar-refractivity contribution >= 4 is 57.9 Å². The van der Waals surface area contributed by atoms with E-state index in [9.17, 15) is 19.7 Å². The standard InChI is InChI=1S/C24H16Cl2N2O5S/c25-18-7-6-17(21(26)12-18)14-33-20-8-4-15(5-9-20)11-22-23(29)27(24(30)34-22)13-16-2-1-3-19(10-16)28(31)32/h1-12H,13-14H2/b22-11+. The predicted molar refractivity (Wildman–Crippen MR) is 132 cm³/mol. The molecule has 1 saturated heterocycles. The van der Waals surface area contributed by atoms with Gasteiger partial charge in [-0.25, -0.2) is 0 Å². The van der Waals surface area contributed by atoms with E-state index < -0.39 is 16.1 Å². The number of non-ortho nitro benzene ring substituents is 1. The third kappa shape index (κ3) is 5.59. The number of thioether (sulfide) groups is 1. The van der Waals surface area contributed by atoms with E-state index in [-0.39, 0.29) is 23.7 Å². The third-order valence-corrected chi connectivity index (χ3v) is 6.42. The molecule has 0 spiro atoms. The topological polar surface area (TPSA) is 89.8 Å². The number of carbonyl (C=O) groups excluding carboxylic acids is 2. The first-order valence-corrected chi connectivity index (χ1v) is 11.5. The molecule has 0 aromatic heterocycles. The first-order chi connectivity index (χ1) is 16.3. The van der Waals surface area contributed by atoms with Crippen molar-refractivity contribution in [2.24, 2.45) is 0 Å². The highest BCUT2D eigenvalue weighted by atomic mass is 35.5. The van der Waals surface area contributed by atoms with Gasteiger partial charge >= 0.3 is 0 Å². The molecule has 0 aliphatic carbocycles. The smallest absolute Gasteiger partial charge is 0.293 e. The lowest BCUT2D eigenvalue weighted by atomic mass is 10.2. The highest BCUT2D eigenvalue weighted by Gasteiger charge is 2.35. The molecule has 1 fully saturated rings. The molecule has 34 heavy (non-hydrogen) atoms. The van der Waals surface area contributed by atoms with Crippen molar-refractivity contribution in [3.8, 4) is 5.75 Å². The number of benzene rings is 3. The SMILES string of the molecule is O=C1S/C(=C/c2ccc(OCc3ccc(Cl)cc3Cl)cc2)C(=O)N1Cc1cccc([N+](=O)[O-])c1. The summed E-state index contributed by atoms with van der Waals surface area (Å²) in [6, 6.07) is 18.1. The number of amides is 2. The van der Waals surface area contributed by atoms with Crippen LogP contribution in [0.3, 0.4) is 0 Å². The van der Waals surface area contributed by atoms with E-state index in [4.69, 9.17) is 27.9 Å². The maximum absolute atomic E-state index is 12.8. The number of nitro groups is 1. The summed E-state index contributed by atoms with van der Waals surface area (Å²) in [4.78, 5) is 36.9. The summed E-state index contributed by atoms with van der Waals surface area (Å²) in [5.74, 6) is 0.168. The van der Waals surface area contributed by atoms with E-state index >= 15 is 0 Å². The van der Waals surface area contributed by atoms with Gasteiger partial charge in [0, 0.05) is 27.7 Å². The van der Waals surface area contributed by atoms with Crippen molar-refractivity contribution in [2.75, 3.05) is 0 Å². The van der Waals surface area contributed by atoms with Crippen molar-refractivity contribution in [1.29, 1.82) is 0 Å². The second-order valence-electron chi connectivity index (χ2n) is 7.29. The summed E-state index contributed by atoms with van der Waals surface area (Å²) >= 11 is 12.9. The third-order valence-electron chi connectivity index (χ3n) is 4.92. The zero-order chi connectivity index (χ0) is 24.2. The molecule has 1 aliphatic rings. The Hall–Kier alpha value is -3.33. The van der Waals surface area contributed by atoms with Crippen molar-refractivity contribution in [2.45, 2.75) is 13.2 Å². The van der Waals surface area contributed by atoms with Gasteiger partial charge in [0.05, 0.1) is 16.4 Å². The van der Waals surface area contributed by atoms with Crippen LogP contribution in [0.4, 0.5) is 10.5 Å². The van der Waals surface area contributed by atoms with E-state index in [0.717, 1.165) is 27.8 Å². The van der Waals surface area contributed by atoms with Crippen LogP contribution in [-0.2, 0) is 17.9 Å². The lowest BCUT2D eigenvalue weighted by Gasteiger charge is -2.12. The van der Waals surface area contributed by atoms with Crippen LogP contribution in [0.1, 0.15) is 16.7 Å². The van der Waals surface area contributed by atoms with E-state index in [1.165, 1.54) is 18.2 Å². The second-order valence-corrected chi connectivity index (χ2v) is 9.13. The molecule has 0 N–H and O–H groups in total. The maximum Gasteiger partial charge on any atom is 0.293 e. The predicted octanol–water partition coefficient (Wildman–Crippen LogP) is 6.72. The van der Waals surface area contributed by atoms with Gasteiger partial charge in [0.15, 0.2) is 0 Å². The molecule has 0 radical (unpaired) electrons. The van der Waals surface area contributed by atoms with Crippen LogP contribution in [0.2, 0.25) is 10.0 Å². The zero-order valence-electron chi connectivity index (χ0n) is 17.4. The minimum absolute atomic E-state index is 0.0380. The van der Waals surface area contributed by atoms with Crippen LogP contribution < -0.4 is 4.74 Å². The molecule has 3 aromatic carbocycles. The van der Waals surface area contributed by atoms with Crippen molar-refractivity contribution in [3.05, 3.63) is 108 Å². The number of ether oxygens (including phenoxy) is 1. The molecule has 7 nitrogen and oxygen atoms in total. The summed E-state index contributed by atoms with van der Waals surface area (Å²) in [6.45, 7) is 0.232. The van der Waals surface area contributed by atoms with Crippen LogP contribution in [0.25, 0.3) is 6.08 Å². The fourth-order valence-electron chi connectivity index (χ4n) is 3.20. The van der Waals surface area contributed by atoms with E-state index in [1.807, 2.05) is 0 Å². The molecule has 2 amide bonds. The van der Waals surface area contributed by atoms with Gasteiger partial charge in [-0.2, -0.15) is 0 Å². The Balaban J connectivity index is 1.41. The van der Waals surface area contributed by atoms with Crippen molar-refractivity contribution < 1.29 is 19.2 Å². The summed E-state index contributed by atoms with van der Waals surface area (Å²) in [6.07, 6.45) is 1.62. The Morgan fingerprint density at radius 2 is 1.79 bits per heavy atom. The normalized spacial score (nSPS) is 14.6. The Bertz CT molecular complexity index is 1310. The Morgan fingerprint density at radius 3 is 2.50 bits per heavy atom. The molecule has 172 valence electrons.